The van der Waals surface area contributed by atoms with E-state index in [-0.39, 0.29) is 24.0 Å². The summed E-state index contributed by atoms with van der Waals surface area (Å²) < 4.78 is 5.35. The van der Waals surface area contributed by atoms with Crippen LogP contribution >= 0.6 is 35.3 Å². The molecule has 1 aromatic rings. The lowest BCUT2D eigenvalue weighted by Gasteiger charge is -2.32. The molecule has 2 fully saturated rings. The lowest BCUT2D eigenvalue weighted by molar-refractivity contribution is 0.138. The van der Waals surface area contributed by atoms with Crippen molar-refractivity contribution in [3.05, 3.63) is 22.4 Å². The Morgan fingerprint density at radius 1 is 1.28 bits per heavy atom. The lowest BCUT2D eigenvalue weighted by atomic mass is 9.83. The van der Waals surface area contributed by atoms with Gasteiger partial charge in [0.15, 0.2) is 5.96 Å². The Morgan fingerprint density at radius 3 is 2.66 bits per heavy atom. The molecule has 2 heterocycles. The van der Waals surface area contributed by atoms with Crippen LogP contribution in [-0.4, -0.2) is 57.8 Å². The second-order valence-corrected chi connectivity index (χ2v) is 9.59. The van der Waals surface area contributed by atoms with Crippen LogP contribution in [0.3, 0.4) is 0 Å². The predicted octanol–water partition coefficient (Wildman–Crippen LogP) is 4.34. The highest BCUT2D eigenvalue weighted by Gasteiger charge is 2.33. The highest BCUT2D eigenvalue weighted by molar-refractivity contribution is 14.0. The first-order valence-electron chi connectivity index (χ1n) is 10.9. The normalized spacial score (nSPS) is 20.4. The highest BCUT2D eigenvalue weighted by Crippen LogP contribution is 2.40. The summed E-state index contributed by atoms with van der Waals surface area (Å²) in [5, 5.41) is 9.38. The Hall–Kier alpha value is -0.380. The Morgan fingerprint density at radius 2 is 2.03 bits per heavy atom. The van der Waals surface area contributed by atoms with E-state index in [1.165, 1.54) is 56.5 Å². The smallest absolute Gasteiger partial charge is 0.191 e. The van der Waals surface area contributed by atoms with Crippen molar-refractivity contribution in [3.8, 4) is 0 Å². The van der Waals surface area contributed by atoms with E-state index >= 15 is 0 Å². The molecule has 0 bridgehead atoms. The summed E-state index contributed by atoms with van der Waals surface area (Å²) >= 11 is 1.87. The number of nitrogens with one attached hydrogen (secondary N) is 2. The first-order valence-corrected chi connectivity index (χ1v) is 11.8. The van der Waals surface area contributed by atoms with E-state index in [4.69, 9.17) is 4.74 Å². The lowest BCUT2D eigenvalue weighted by Crippen LogP contribution is -2.46. The van der Waals surface area contributed by atoms with E-state index in [0.29, 0.717) is 5.41 Å². The molecule has 3 rings (SSSR count). The number of hydrogen-bond acceptors (Lipinski definition) is 4. The molecule has 0 radical (unpaired) electrons. The molecule has 7 heteroatoms. The van der Waals surface area contributed by atoms with Crippen molar-refractivity contribution < 1.29 is 4.74 Å². The number of ether oxygens (including phenoxy) is 1. The van der Waals surface area contributed by atoms with Gasteiger partial charge in [0.05, 0.1) is 0 Å². The van der Waals surface area contributed by atoms with Gasteiger partial charge in [0.2, 0.25) is 0 Å². The van der Waals surface area contributed by atoms with Crippen LogP contribution in [0, 0.1) is 11.3 Å². The molecule has 166 valence electrons. The minimum Gasteiger partial charge on any atom is -0.385 e. The summed E-state index contributed by atoms with van der Waals surface area (Å²) in [4.78, 5) is 8.54. The molecule has 0 spiro atoms. The van der Waals surface area contributed by atoms with Crippen molar-refractivity contribution >= 4 is 41.3 Å². The van der Waals surface area contributed by atoms with Crippen molar-refractivity contribution in [2.45, 2.75) is 51.5 Å². The van der Waals surface area contributed by atoms with Gasteiger partial charge in [-0.2, -0.15) is 0 Å². The second kappa shape index (κ2) is 13.1. The standard InChI is InChI=1S/C22H38N4OS.HI/c1-23-21(25-18-22(11-14-27-2)9-3-4-10-22)24-16-19-7-12-26(13-8-19)17-20-6-5-15-28-20;/h5-6,15,19H,3-4,7-14,16-18H2,1-2H3,(H2,23,24,25);1H. The SMILES string of the molecule is CN=C(NCC1CCN(Cc2cccs2)CC1)NCC1(CCOC)CCCC1.I. The minimum atomic E-state index is 0. The molecular weight excluding hydrogens is 495 g/mol. The van der Waals surface area contributed by atoms with Crippen molar-refractivity contribution in [2.24, 2.45) is 16.3 Å². The summed E-state index contributed by atoms with van der Waals surface area (Å²) in [7, 11) is 3.69. The van der Waals surface area contributed by atoms with Gasteiger partial charge < -0.3 is 15.4 Å². The summed E-state index contributed by atoms with van der Waals surface area (Å²) in [6.07, 6.45) is 9.01. The average Bonchev–Trinajstić information content (AvgIpc) is 3.40. The molecular formula is C22H39IN4OS. The van der Waals surface area contributed by atoms with Crippen molar-refractivity contribution in [3.63, 3.8) is 0 Å². The first kappa shape index (κ1) is 24.9. The fraction of sp³-hybridized carbons (Fsp3) is 0.773. The zero-order valence-electron chi connectivity index (χ0n) is 18.1. The van der Waals surface area contributed by atoms with Crippen LogP contribution in [0.15, 0.2) is 22.5 Å². The minimum absolute atomic E-state index is 0. The average molecular weight is 535 g/mol. The number of halogens is 1. The Balaban J connectivity index is 0.00000300. The van der Waals surface area contributed by atoms with Crippen LogP contribution in [0.5, 0.6) is 0 Å². The number of nitrogens with zero attached hydrogens (tertiary/aromatic N) is 2. The van der Waals surface area contributed by atoms with E-state index in [0.717, 1.165) is 44.5 Å². The summed E-state index contributed by atoms with van der Waals surface area (Å²) in [5.41, 5.74) is 0.390. The van der Waals surface area contributed by atoms with Gasteiger partial charge in [-0.15, -0.1) is 35.3 Å². The zero-order chi connectivity index (χ0) is 19.7. The molecule has 0 atom stereocenters. The molecule has 5 nitrogen and oxygen atoms in total. The zero-order valence-corrected chi connectivity index (χ0v) is 21.3. The van der Waals surface area contributed by atoms with Gasteiger partial charge in [-0.05, 0) is 68.0 Å². The molecule has 2 aliphatic rings. The second-order valence-electron chi connectivity index (χ2n) is 8.56. The van der Waals surface area contributed by atoms with Crippen LogP contribution in [0.4, 0.5) is 0 Å². The monoisotopic (exact) mass is 534 g/mol. The van der Waals surface area contributed by atoms with Crippen LogP contribution in [0.1, 0.15) is 49.8 Å². The predicted molar refractivity (Wildman–Crippen MR) is 134 cm³/mol. The quantitative estimate of drug-likeness (QED) is 0.281. The third-order valence-corrected chi connectivity index (χ3v) is 7.44. The molecule has 1 aromatic heterocycles. The Labute approximate surface area is 198 Å². The maximum Gasteiger partial charge on any atom is 0.191 e. The van der Waals surface area contributed by atoms with Gasteiger partial charge in [-0.1, -0.05) is 18.9 Å². The molecule has 1 aliphatic carbocycles. The number of aliphatic imine (C=N–C) groups is 1. The molecule has 2 N–H and O–H groups in total. The van der Waals surface area contributed by atoms with Gasteiger partial charge in [-0.3, -0.25) is 9.89 Å². The fourth-order valence-electron chi connectivity index (χ4n) is 4.66. The van der Waals surface area contributed by atoms with Gasteiger partial charge in [-0.25, -0.2) is 0 Å². The number of guanidine groups is 1. The van der Waals surface area contributed by atoms with Crippen LogP contribution < -0.4 is 10.6 Å². The molecule has 1 saturated carbocycles. The number of rotatable bonds is 9. The van der Waals surface area contributed by atoms with Gasteiger partial charge >= 0.3 is 0 Å². The summed E-state index contributed by atoms with van der Waals surface area (Å²) in [6, 6.07) is 4.40. The molecule has 1 saturated heterocycles. The van der Waals surface area contributed by atoms with Gasteiger partial charge in [0.25, 0.3) is 0 Å². The highest BCUT2D eigenvalue weighted by atomic mass is 127. The van der Waals surface area contributed by atoms with Crippen LogP contribution in [-0.2, 0) is 11.3 Å². The first-order chi connectivity index (χ1) is 13.7. The van der Waals surface area contributed by atoms with Gasteiger partial charge in [0, 0.05) is 45.3 Å². The Kier molecular flexibility index (Phi) is 11.3. The third kappa shape index (κ3) is 7.99. The van der Waals surface area contributed by atoms with Gasteiger partial charge in [0.1, 0.15) is 0 Å². The topological polar surface area (TPSA) is 48.9 Å². The Bertz CT molecular complexity index is 582. The van der Waals surface area contributed by atoms with Crippen molar-refractivity contribution in [1.82, 2.24) is 15.5 Å². The maximum atomic E-state index is 5.35. The molecule has 1 aliphatic heterocycles. The number of hydrogen-bond donors (Lipinski definition) is 2. The van der Waals surface area contributed by atoms with Crippen LogP contribution in [0.2, 0.25) is 0 Å². The fourth-order valence-corrected chi connectivity index (χ4v) is 5.41. The van der Waals surface area contributed by atoms with E-state index in [1.807, 2.05) is 25.5 Å². The maximum absolute atomic E-state index is 5.35. The number of likely N-dealkylation sites (tertiary alicyclic amines) is 1. The largest absolute Gasteiger partial charge is 0.385 e. The molecule has 0 amide bonds. The van der Waals surface area contributed by atoms with Crippen LogP contribution in [0.25, 0.3) is 0 Å². The number of thiophene rings is 1. The van der Waals surface area contributed by atoms with Crippen molar-refractivity contribution in [2.75, 3.05) is 46.9 Å². The summed E-state index contributed by atoms with van der Waals surface area (Å²) in [6.45, 7) is 6.42. The number of methoxy groups -OCH3 is 1. The molecule has 0 aromatic carbocycles. The van der Waals surface area contributed by atoms with E-state index < -0.39 is 0 Å². The van der Waals surface area contributed by atoms with Crippen molar-refractivity contribution in [1.29, 1.82) is 0 Å². The molecule has 0 unspecified atom stereocenters. The number of piperidine rings is 1. The van der Waals surface area contributed by atoms with E-state index in [2.05, 4.69) is 38.0 Å². The third-order valence-electron chi connectivity index (χ3n) is 6.58. The van der Waals surface area contributed by atoms with E-state index in [9.17, 15) is 0 Å². The van der Waals surface area contributed by atoms with E-state index in [1.54, 1.807) is 0 Å². The summed E-state index contributed by atoms with van der Waals surface area (Å²) in [5.74, 6) is 1.71. The molecule has 29 heavy (non-hydrogen) atoms.